The fourth-order valence-corrected chi connectivity index (χ4v) is 5.61. The first-order valence-corrected chi connectivity index (χ1v) is 12.4. The molecule has 3 amide bonds. The molecule has 5 rings (SSSR count). The first-order valence-electron chi connectivity index (χ1n) is 12.4. The van der Waals surface area contributed by atoms with Gasteiger partial charge in [-0.25, -0.2) is 4.79 Å². The first kappa shape index (κ1) is 22.7. The minimum Gasteiger partial charge on any atom is -0.494 e. The van der Waals surface area contributed by atoms with Crippen molar-refractivity contribution in [2.75, 3.05) is 33.3 Å². The number of nitrogens with one attached hydrogen (secondary N) is 1. The van der Waals surface area contributed by atoms with Crippen LogP contribution in [0.3, 0.4) is 0 Å². The fraction of sp³-hybridized carbons (Fsp3) is 0.481. The summed E-state index contributed by atoms with van der Waals surface area (Å²) < 4.78 is 5.77. The molecule has 2 aliphatic heterocycles. The van der Waals surface area contributed by atoms with Crippen molar-refractivity contribution in [3.8, 4) is 5.75 Å². The highest BCUT2D eigenvalue weighted by Gasteiger charge is 2.60. The Morgan fingerprint density at radius 1 is 1.26 bits per heavy atom. The quantitative estimate of drug-likeness (QED) is 0.619. The van der Waals surface area contributed by atoms with Crippen molar-refractivity contribution in [3.05, 3.63) is 53.3 Å². The van der Waals surface area contributed by atoms with Crippen LogP contribution in [0.1, 0.15) is 50.9 Å². The molecule has 1 N–H and O–H groups in total. The number of imide groups is 1. The molecule has 0 saturated carbocycles. The highest BCUT2D eigenvalue weighted by Crippen LogP contribution is 2.50. The number of allylic oxidation sites excluding steroid dienone is 3. The van der Waals surface area contributed by atoms with E-state index < -0.39 is 5.54 Å². The molecule has 0 radical (unpaired) electrons. The number of H-pyrrole nitrogens is 1. The van der Waals surface area contributed by atoms with Gasteiger partial charge in [-0.3, -0.25) is 14.6 Å². The minimum absolute atomic E-state index is 0.0973. The molecule has 0 unspecified atom stereocenters. The second-order valence-electron chi connectivity index (χ2n) is 9.72. The zero-order chi connectivity index (χ0) is 24.0. The van der Waals surface area contributed by atoms with Crippen molar-refractivity contribution < 1.29 is 14.3 Å². The van der Waals surface area contributed by atoms with Crippen LogP contribution in [0.2, 0.25) is 0 Å². The van der Waals surface area contributed by atoms with Gasteiger partial charge in [0.05, 0.1) is 12.6 Å². The van der Waals surface area contributed by atoms with E-state index in [1.807, 2.05) is 37.9 Å². The number of rotatable bonds is 7. The number of aromatic amines is 1. The Kier molecular flexibility index (Phi) is 5.76. The van der Waals surface area contributed by atoms with E-state index in [1.165, 1.54) is 10.5 Å². The van der Waals surface area contributed by atoms with E-state index in [9.17, 15) is 9.59 Å². The predicted molar refractivity (Wildman–Crippen MR) is 133 cm³/mol. The van der Waals surface area contributed by atoms with E-state index in [-0.39, 0.29) is 18.0 Å². The summed E-state index contributed by atoms with van der Waals surface area (Å²) in [6.07, 6.45) is 8.62. The number of carbonyl (C=O) groups is 2. The Labute approximate surface area is 201 Å². The minimum atomic E-state index is -0.918. The van der Waals surface area contributed by atoms with Crippen LogP contribution in [-0.4, -0.2) is 70.4 Å². The number of hydrogen-bond donors (Lipinski definition) is 1. The van der Waals surface area contributed by atoms with Crippen molar-refractivity contribution in [2.45, 2.75) is 51.6 Å². The normalized spacial score (nSPS) is 24.1. The van der Waals surface area contributed by atoms with E-state index in [1.54, 1.807) is 0 Å². The molecule has 7 nitrogen and oxygen atoms in total. The third-order valence-corrected chi connectivity index (χ3v) is 7.59. The molecule has 1 aliphatic carbocycles. The molecule has 3 heterocycles. The molecular formula is C27H34N4O3. The summed E-state index contributed by atoms with van der Waals surface area (Å²) >= 11 is 0. The second kappa shape index (κ2) is 8.62. The van der Waals surface area contributed by atoms with E-state index in [2.05, 4.69) is 41.1 Å². The number of benzene rings is 1. The molecule has 1 saturated heterocycles. The maximum absolute atomic E-state index is 13.8. The molecule has 3 aliphatic rings. The van der Waals surface area contributed by atoms with Gasteiger partial charge in [0, 0.05) is 36.1 Å². The number of carbonyl (C=O) groups excluding carboxylic acids is 2. The van der Waals surface area contributed by atoms with Crippen molar-refractivity contribution in [2.24, 2.45) is 0 Å². The van der Waals surface area contributed by atoms with Gasteiger partial charge in [-0.15, -0.1) is 0 Å². The van der Waals surface area contributed by atoms with Gasteiger partial charge in [0.1, 0.15) is 11.3 Å². The number of amides is 3. The smallest absolute Gasteiger partial charge is 0.328 e. The van der Waals surface area contributed by atoms with Crippen molar-refractivity contribution >= 4 is 22.8 Å². The summed E-state index contributed by atoms with van der Waals surface area (Å²) in [5.41, 5.74) is 3.40. The van der Waals surface area contributed by atoms with Crippen molar-refractivity contribution in [1.29, 1.82) is 0 Å². The van der Waals surface area contributed by atoms with Crippen LogP contribution in [0.25, 0.3) is 10.9 Å². The summed E-state index contributed by atoms with van der Waals surface area (Å²) in [5, 5.41) is 1.07. The third-order valence-electron chi connectivity index (χ3n) is 7.59. The Morgan fingerprint density at radius 2 is 2.09 bits per heavy atom. The van der Waals surface area contributed by atoms with Gasteiger partial charge >= 0.3 is 6.03 Å². The molecule has 1 fully saturated rings. The first-order chi connectivity index (χ1) is 16.4. The van der Waals surface area contributed by atoms with Gasteiger partial charge in [0.25, 0.3) is 5.91 Å². The zero-order valence-corrected chi connectivity index (χ0v) is 20.6. The van der Waals surface area contributed by atoms with Crippen LogP contribution < -0.4 is 4.74 Å². The summed E-state index contributed by atoms with van der Waals surface area (Å²) in [6, 6.07) is 5.60. The average Bonchev–Trinajstić information content (AvgIpc) is 3.28. The van der Waals surface area contributed by atoms with Crippen LogP contribution in [0, 0.1) is 0 Å². The lowest BCUT2D eigenvalue weighted by Crippen LogP contribution is -2.53. The molecule has 180 valence electrons. The second-order valence-corrected chi connectivity index (χ2v) is 9.72. The topological polar surface area (TPSA) is 68.9 Å². The van der Waals surface area contributed by atoms with E-state index in [0.717, 1.165) is 47.3 Å². The highest BCUT2D eigenvalue weighted by atomic mass is 16.5. The lowest BCUT2D eigenvalue weighted by molar-refractivity contribution is -0.133. The molecule has 2 atom stereocenters. The van der Waals surface area contributed by atoms with Gasteiger partial charge in [0.2, 0.25) is 0 Å². The predicted octanol–water partition coefficient (Wildman–Crippen LogP) is 4.41. The van der Waals surface area contributed by atoms with E-state index in [4.69, 9.17) is 4.74 Å². The maximum atomic E-state index is 13.8. The number of likely N-dealkylation sites (N-methyl/N-ethyl adjacent to an activating group) is 1. The van der Waals surface area contributed by atoms with Crippen LogP contribution in [-0.2, 0) is 11.2 Å². The zero-order valence-electron chi connectivity index (χ0n) is 20.6. The van der Waals surface area contributed by atoms with Crippen LogP contribution >= 0.6 is 0 Å². The Balaban J connectivity index is 1.63. The van der Waals surface area contributed by atoms with Crippen LogP contribution in [0.15, 0.2) is 42.0 Å². The standard InChI is InChI=1S/C27H34N4O3/c1-5-29(4)14-15-30-25(32)27(3)17-21-20-16-19(34-6-2)12-13-22(20)28-23(21)24(31(27)26(30)33)18-10-8-7-9-11-18/h7-8,10,12-13,16,24,28H,5-6,9,11,14-15,17H2,1-4H3/t24-,27+/m1/s1. The number of aromatic nitrogens is 1. The van der Waals surface area contributed by atoms with Crippen molar-refractivity contribution in [3.63, 3.8) is 0 Å². The number of urea groups is 1. The summed E-state index contributed by atoms with van der Waals surface area (Å²) in [7, 11) is 2.01. The molecule has 0 spiro atoms. The third kappa shape index (κ3) is 3.45. The van der Waals surface area contributed by atoms with E-state index in [0.29, 0.717) is 26.1 Å². The van der Waals surface area contributed by atoms with Crippen molar-refractivity contribution in [1.82, 2.24) is 19.7 Å². The lowest BCUT2D eigenvalue weighted by atomic mass is 9.79. The number of fused-ring (bicyclic) bond motifs is 4. The maximum Gasteiger partial charge on any atom is 0.328 e. The molecule has 34 heavy (non-hydrogen) atoms. The Hall–Kier alpha value is -3.06. The van der Waals surface area contributed by atoms with Gasteiger partial charge in [-0.1, -0.05) is 25.2 Å². The molecular weight excluding hydrogens is 428 g/mol. The molecule has 7 heteroatoms. The van der Waals surface area contributed by atoms with Gasteiger partial charge in [-0.05, 0) is 69.6 Å². The van der Waals surface area contributed by atoms with Gasteiger partial charge < -0.3 is 14.6 Å². The fourth-order valence-electron chi connectivity index (χ4n) is 5.61. The van der Waals surface area contributed by atoms with E-state index >= 15 is 0 Å². The molecule has 1 aromatic carbocycles. The van der Waals surface area contributed by atoms with Gasteiger partial charge in [0.15, 0.2) is 0 Å². The average molecular weight is 463 g/mol. The highest BCUT2D eigenvalue weighted by molar-refractivity contribution is 6.08. The number of hydrogen-bond acceptors (Lipinski definition) is 4. The molecule has 1 aromatic heterocycles. The van der Waals surface area contributed by atoms with Crippen LogP contribution in [0.5, 0.6) is 5.75 Å². The largest absolute Gasteiger partial charge is 0.494 e. The molecule has 2 aromatic rings. The Bertz CT molecular complexity index is 1200. The van der Waals surface area contributed by atoms with Gasteiger partial charge in [-0.2, -0.15) is 0 Å². The summed E-state index contributed by atoms with van der Waals surface area (Å²) in [5.74, 6) is 0.721. The number of nitrogens with zero attached hydrogens (tertiary/aromatic N) is 3. The summed E-state index contributed by atoms with van der Waals surface area (Å²) in [4.78, 5) is 36.7. The summed E-state index contributed by atoms with van der Waals surface area (Å²) in [6.45, 7) is 8.53. The number of ether oxygens (including phenoxy) is 1. The monoisotopic (exact) mass is 462 g/mol. The molecule has 0 bridgehead atoms. The SMILES string of the molecule is CCOc1ccc2[nH]c3c(c2c1)C[C@@]1(C)C(=O)N(CCN(C)CC)C(=O)N1[C@@H]3C1=CC=CCC1. The van der Waals surface area contributed by atoms with Crippen LogP contribution in [0.4, 0.5) is 4.79 Å². The Morgan fingerprint density at radius 3 is 2.79 bits per heavy atom. The lowest BCUT2D eigenvalue weighted by Gasteiger charge is -2.43.